The molecule has 3 aromatic rings. The van der Waals surface area contributed by atoms with Crippen molar-refractivity contribution < 1.29 is 9.90 Å². The number of hydrogen-bond donors (Lipinski definition) is 2. The van der Waals surface area contributed by atoms with Crippen molar-refractivity contribution in [1.29, 1.82) is 0 Å². The van der Waals surface area contributed by atoms with Crippen molar-refractivity contribution in [3.8, 4) is 5.75 Å². The Morgan fingerprint density at radius 1 is 0.976 bits per heavy atom. The highest BCUT2D eigenvalue weighted by Crippen LogP contribution is 2.50. The lowest BCUT2D eigenvalue weighted by Gasteiger charge is -2.56. The zero-order chi connectivity index (χ0) is 28.2. The minimum Gasteiger partial charge on any atom is -0.508 e. The number of carbonyl (C=O) groups is 1. The van der Waals surface area contributed by atoms with Gasteiger partial charge in [-0.15, -0.1) is 0 Å². The molecule has 1 saturated carbocycles. The molecule has 0 spiro atoms. The molecule has 0 radical (unpaired) electrons. The summed E-state index contributed by atoms with van der Waals surface area (Å²) in [6.07, 6.45) is 6.86. The summed E-state index contributed by atoms with van der Waals surface area (Å²) in [4.78, 5) is 18.4. The molecule has 2 aliphatic heterocycles. The van der Waals surface area contributed by atoms with Gasteiger partial charge in [-0.2, -0.15) is 0 Å². The fraction of sp³-hybridized carbons (Fsp3) is 0.472. The second-order valence-electron chi connectivity index (χ2n) is 12.8. The van der Waals surface area contributed by atoms with Crippen LogP contribution in [0.1, 0.15) is 61.3 Å². The number of aromatic hydroxyl groups is 1. The van der Waals surface area contributed by atoms with Crippen LogP contribution in [0.3, 0.4) is 0 Å². The number of nitrogens with one attached hydrogen (secondary N) is 1. The van der Waals surface area contributed by atoms with Crippen LogP contribution in [-0.2, 0) is 29.6 Å². The van der Waals surface area contributed by atoms with Gasteiger partial charge in [0, 0.05) is 50.1 Å². The van der Waals surface area contributed by atoms with Crippen LogP contribution in [0.15, 0.2) is 78.9 Å². The summed E-state index contributed by atoms with van der Waals surface area (Å²) in [6, 6.07) is 27.9. The summed E-state index contributed by atoms with van der Waals surface area (Å²) < 4.78 is 0. The number of carbonyl (C=O) groups excluding carboxylic acids is 1. The van der Waals surface area contributed by atoms with Crippen LogP contribution in [0.25, 0.3) is 0 Å². The Morgan fingerprint density at radius 2 is 1.78 bits per heavy atom. The molecule has 2 bridgehead atoms. The Kier molecular flexibility index (Phi) is 8.45. The zero-order valence-electron chi connectivity index (χ0n) is 24.5. The third-order valence-electron chi connectivity index (χ3n) is 10.1. The van der Waals surface area contributed by atoms with E-state index in [-0.39, 0.29) is 17.4 Å². The third kappa shape index (κ3) is 6.37. The van der Waals surface area contributed by atoms with Gasteiger partial charge < -0.3 is 10.4 Å². The molecule has 1 amide bonds. The maximum absolute atomic E-state index is 13.3. The van der Waals surface area contributed by atoms with Gasteiger partial charge in [0.2, 0.25) is 5.91 Å². The van der Waals surface area contributed by atoms with Crippen LogP contribution in [0.5, 0.6) is 5.75 Å². The molecule has 216 valence electrons. The van der Waals surface area contributed by atoms with Gasteiger partial charge >= 0.3 is 0 Å². The van der Waals surface area contributed by atoms with Gasteiger partial charge in [0.25, 0.3) is 0 Å². The molecule has 0 aromatic heterocycles. The van der Waals surface area contributed by atoms with Crippen LogP contribution < -0.4 is 5.32 Å². The van der Waals surface area contributed by atoms with Crippen LogP contribution >= 0.6 is 0 Å². The Morgan fingerprint density at radius 3 is 2.61 bits per heavy atom. The first-order valence-corrected chi connectivity index (χ1v) is 15.6. The number of benzene rings is 3. The normalized spacial score (nSPS) is 26.3. The summed E-state index contributed by atoms with van der Waals surface area (Å²) in [5.74, 6) is 0.939. The Balaban J connectivity index is 1.12. The molecular formula is C36H45N3O2. The predicted molar refractivity (Wildman–Crippen MR) is 165 cm³/mol. The van der Waals surface area contributed by atoms with Crippen molar-refractivity contribution >= 4 is 5.91 Å². The van der Waals surface area contributed by atoms with Crippen LogP contribution in [0, 0.1) is 5.92 Å². The summed E-state index contributed by atoms with van der Waals surface area (Å²) in [7, 11) is 0. The van der Waals surface area contributed by atoms with Crippen LogP contribution in [0.2, 0.25) is 0 Å². The molecule has 2 fully saturated rings. The number of aryl methyl sites for hydroxylation is 1. The number of piperidine rings is 1. The standard InChI is InChI=1S/C36H45N3O2/c1-27-25-39(18-8-11-28-9-3-2-4-10-28)33-22-32(23-36(27,24-33)31-14-7-15-34(40)21-31)37-35(41)17-20-38-19-16-29-12-5-6-13-30(29)26-38/h2-7,9-10,12-15,21,27,32-33,40H,8,11,16-20,22-26H2,1H3,(H,37,41)/t27-,32+,33+,36+/m1/s1. The van der Waals surface area contributed by atoms with Crippen LogP contribution in [0.4, 0.5) is 0 Å². The molecule has 1 aliphatic carbocycles. The molecule has 5 nitrogen and oxygen atoms in total. The molecule has 0 unspecified atom stereocenters. The van der Waals surface area contributed by atoms with Gasteiger partial charge in [0.05, 0.1) is 0 Å². The van der Waals surface area contributed by atoms with Crippen molar-refractivity contribution in [3.05, 3.63) is 101 Å². The van der Waals surface area contributed by atoms with Crippen molar-refractivity contribution in [3.63, 3.8) is 0 Å². The van der Waals surface area contributed by atoms with Crippen molar-refractivity contribution in [1.82, 2.24) is 15.1 Å². The van der Waals surface area contributed by atoms with Crippen molar-refractivity contribution in [2.75, 3.05) is 26.2 Å². The number of amides is 1. The molecule has 3 aromatic carbocycles. The largest absolute Gasteiger partial charge is 0.508 e. The minimum absolute atomic E-state index is 0.0356. The molecule has 41 heavy (non-hydrogen) atoms. The highest BCUT2D eigenvalue weighted by molar-refractivity contribution is 5.76. The van der Waals surface area contributed by atoms with Gasteiger partial charge in [-0.1, -0.05) is 73.7 Å². The minimum atomic E-state index is -0.0356. The Bertz CT molecular complexity index is 1330. The lowest BCUT2D eigenvalue weighted by Crippen LogP contribution is -2.61. The van der Waals surface area contributed by atoms with Gasteiger partial charge in [-0.05, 0) is 85.4 Å². The highest BCUT2D eigenvalue weighted by Gasteiger charge is 2.51. The lowest BCUT2D eigenvalue weighted by atomic mass is 9.57. The number of likely N-dealkylation sites (tertiary alicyclic amines) is 1. The first-order valence-electron chi connectivity index (χ1n) is 15.6. The molecule has 2 N–H and O–H groups in total. The van der Waals surface area contributed by atoms with E-state index in [0.717, 1.165) is 71.2 Å². The second kappa shape index (κ2) is 12.4. The predicted octanol–water partition coefficient (Wildman–Crippen LogP) is 5.70. The molecule has 3 aliphatic rings. The van der Waals surface area contributed by atoms with E-state index in [1.165, 1.54) is 22.3 Å². The van der Waals surface area contributed by atoms with E-state index in [2.05, 4.69) is 82.7 Å². The smallest absolute Gasteiger partial charge is 0.221 e. The Labute approximate surface area is 245 Å². The third-order valence-corrected chi connectivity index (χ3v) is 10.1. The van der Waals surface area contributed by atoms with Crippen LogP contribution in [-0.4, -0.2) is 59.1 Å². The summed E-state index contributed by atoms with van der Waals surface area (Å²) in [6.45, 7) is 7.28. The van der Waals surface area contributed by atoms with Gasteiger partial charge in [0.15, 0.2) is 0 Å². The fourth-order valence-electron chi connectivity index (χ4n) is 7.95. The number of rotatable bonds is 9. The second-order valence-corrected chi connectivity index (χ2v) is 12.8. The molecule has 1 saturated heterocycles. The van der Waals surface area contributed by atoms with Crippen molar-refractivity contribution in [2.24, 2.45) is 5.92 Å². The first-order chi connectivity index (χ1) is 20.0. The number of phenolic OH excluding ortho intramolecular Hbond substituents is 1. The molecular weight excluding hydrogens is 506 g/mol. The molecule has 2 heterocycles. The fourth-order valence-corrected chi connectivity index (χ4v) is 7.95. The summed E-state index contributed by atoms with van der Waals surface area (Å²) >= 11 is 0. The average molecular weight is 552 g/mol. The van der Waals surface area contributed by atoms with E-state index in [1.807, 2.05) is 12.1 Å². The maximum atomic E-state index is 13.3. The molecule has 6 rings (SSSR count). The topological polar surface area (TPSA) is 55.8 Å². The number of fused-ring (bicyclic) bond motifs is 3. The average Bonchev–Trinajstić information content (AvgIpc) is 2.99. The van der Waals surface area contributed by atoms with E-state index in [1.54, 1.807) is 6.07 Å². The lowest BCUT2D eigenvalue weighted by molar-refractivity contribution is -0.123. The van der Waals surface area contributed by atoms with Gasteiger partial charge in [0.1, 0.15) is 5.75 Å². The van der Waals surface area contributed by atoms with E-state index < -0.39 is 0 Å². The summed E-state index contributed by atoms with van der Waals surface area (Å²) in [5.41, 5.74) is 5.43. The molecule has 4 atom stereocenters. The van der Waals surface area contributed by atoms with E-state index in [9.17, 15) is 9.90 Å². The van der Waals surface area contributed by atoms with Gasteiger partial charge in [-0.3, -0.25) is 14.6 Å². The first kappa shape index (κ1) is 28.0. The van der Waals surface area contributed by atoms with E-state index in [4.69, 9.17) is 0 Å². The maximum Gasteiger partial charge on any atom is 0.221 e. The quantitative estimate of drug-likeness (QED) is 0.358. The molecule has 5 heteroatoms. The number of nitrogens with zero attached hydrogens (tertiary/aromatic N) is 2. The SMILES string of the molecule is C[C@@H]1CN(CCCc2ccccc2)[C@H]2C[C@H](NC(=O)CCN3CCc4ccccc4C3)C[C@]1(c1cccc(O)c1)C2. The summed E-state index contributed by atoms with van der Waals surface area (Å²) in [5, 5.41) is 13.9. The number of phenols is 1. The van der Waals surface area contributed by atoms with E-state index >= 15 is 0 Å². The highest BCUT2D eigenvalue weighted by atomic mass is 16.3. The zero-order valence-corrected chi connectivity index (χ0v) is 24.5. The number of hydrogen-bond acceptors (Lipinski definition) is 4. The van der Waals surface area contributed by atoms with Crippen molar-refractivity contribution in [2.45, 2.75) is 75.9 Å². The Hall–Kier alpha value is -3.15. The van der Waals surface area contributed by atoms with Gasteiger partial charge in [-0.25, -0.2) is 0 Å². The monoisotopic (exact) mass is 551 g/mol. The van der Waals surface area contributed by atoms with E-state index in [0.29, 0.717) is 24.1 Å².